The van der Waals surface area contributed by atoms with Crippen molar-refractivity contribution < 1.29 is 19.1 Å². The van der Waals surface area contributed by atoms with Gasteiger partial charge in [0.05, 0.1) is 24.3 Å². The van der Waals surface area contributed by atoms with E-state index in [4.69, 9.17) is 9.47 Å². The molecule has 0 spiro atoms. The van der Waals surface area contributed by atoms with Gasteiger partial charge in [0.2, 0.25) is 0 Å². The van der Waals surface area contributed by atoms with Crippen LogP contribution in [0.15, 0.2) is 0 Å². The van der Waals surface area contributed by atoms with Gasteiger partial charge in [-0.25, -0.2) is 9.59 Å². The van der Waals surface area contributed by atoms with Gasteiger partial charge < -0.3 is 9.47 Å². The van der Waals surface area contributed by atoms with Crippen LogP contribution in [0.25, 0.3) is 0 Å². The van der Waals surface area contributed by atoms with Crippen LogP contribution in [0.5, 0.6) is 0 Å². The number of esters is 2. The number of hydrogen-bond donors (Lipinski definition) is 0. The topological polar surface area (TPSA) is 52.6 Å². The molecule has 206 valence electrons. The van der Waals surface area contributed by atoms with Crippen molar-refractivity contribution in [3.05, 3.63) is 33.4 Å². The minimum absolute atomic E-state index is 0.338. The highest BCUT2D eigenvalue weighted by atomic mass is 16.5. The highest BCUT2D eigenvalue weighted by Gasteiger charge is 2.31. The van der Waals surface area contributed by atoms with Gasteiger partial charge in [0.1, 0.15) is 0 Å². The average molecular weight is 503 g/mol. The third-order valence-electron chi connectivity index (χ3n) is 6.94. The molecule has 4 heteroatoms. The third kappa shape index (κ3) is 9.90. The van der Waals surface area contributed by atoms with E-state index in [1.165, 1.54) is 11.1 Å². The van der Waals surface area contributed by atoms with Crippen LogP contribution in [0.1, 0.15) is 162 Å². The zero-order valence-corrected chi connectivity index (χ0v) is 24.4. The van der Waals surface area contributed by atoms with Crippen molar-refractivity contribution in [3.63, 3.8) is 0 Å². The molecule has 0 fully saturated rings. The molecule has 0 saturated heterocycles. The number of unbranched alkanes of at least 4 members (excludes halogenated alkanes) is 6. The Hall–Kier alpha value is -1.84. The largest absolute Gasteiger partial charge is 0.462 e. The number of rotatable bonds is 20. The maximum atomic E-state index is 13.7. The summed E-state index contributed by atoms with van der Waals surface area (Å²) in [6.07, 6.45) is 15.5. The Kier molecular flexibility index (Phi) is 17.3. The Morgan fingerprint density at radius 1 is 0.444 bits per heavy atom. The van der Waals surface area contributed by atoms with Crippen molar-refractivity contribution in [2.24, 2.45) is 0 Å². The van der Waals surface area contributed by atoms with Gasteiger partial charge in [-0.1, -0.05) is 80.1 Å². The van der Waals surface area contributed by atoms with Crippen LogP contribution in [0.4, 0.5) is 0 Å². The van der Waals surface area contributed by atoms with Gasteiger partial charge in [-0.15, -0.1) is 0 Å². The molecule has 0 heterocycles. The summed E-state index contributed by atoms with van der Waals surface area (Å²) < 4.78 is 11.6. The first-order valence-corrected chi connectivity index (χ1v) is 15.1. The average Bonchev–Trinajstić information content (AvgIpc) is 2.88. The summed E-state index contributed by atoms with van der Waals surface area (Å²) in [5.74, 6) is -0.677. The standard InChI is InChI=1S/C32H54O4/c1-7-13-19-25-26(20-14-8-2)28(22-16-10-4)30(32(34)36-24-18-12-6)29(27(25)21-15-9-3)31(33)35-23-17-11-5/h7-24H2,1-6H3. The maximum Gasteiger partial charge on any atom is 0.339 e. The van der Waals surface area contributed by atoms with Gasteiger partial charge in [-0.05, 0) is 86.5 Å². The Bertz CT molecular complexity index is 716. The number of carbonyl (C=O) groups is 2. The lowest BCUT2D eigenvalue weighted by Gasteiger charge is -2.26. The quantitative estimate of drug-likeness (QED) is 0.132. The molecular formula is C32H54O4. The minimum Gasteiger partial charge on any atom is -0.462 e. The van der Waals surface area contributed by atoms with Crippen molar-refractivity contribution in [2.45, 2.75) is 144 Å². The molecule has 0 atom stereocenters. The summed E-state index contributed by atoms with van der Waals surface area (Å²) in [4.78, 5) is 27.4. The zero-order valence-electron chi connectivity index (χ0n) is 24.4. The van der Waals surface area contributed by atoms with Gasteiger partial charge >= 0.3 is 11.9 Å². The van der Waals surface area contributed by atoms with Crippen molar-refractivity contribution >= 4 is 11.9 Å². The Balaban J connectivity index is 3.96. The summed E-state index contributed by atoms with van der Waals surface area (Å²) >= 11 is 0. The summed E-state index contributed by atoms with van der Waals surface area (Å²) in [7, 11) is 0. The highest BCUT2D eigenvalue weighted by Crippen LogP contribution is 2.35. The Morgan fingerprint density at radius 3 is 1.00 bits per heavy atom. The van der Waals surface area contributed by atoms with Gasteiger partial charge in [-0.2, -0.15) is 0 Å². The molecule has 0 unspecified atom stereocenters. The predicted octanol–water partition coefficient (Wildman–Crippen LogP) is 8.97. The van der Waals surface area contributed by atoms with Crippen LogP contribution in [-0.2, 0) is 35.2 Å². The number of benzene rings is 1. The second-order valence-corrected chi connectivity index (χ2v) is 10.1. The summed E-state index contributed by atoms with van der Waals surface area (Å²) in [6, 6.07) is 0. The molecule has 0 aliphatic heterocycles. The van der Waals surface area contributed by atoms with Gasteiger partial charge in [0, 0.05) is 0 Å². The van der Waals surface area contributed by atoms with Gasteiger partial charge in [0.15, 0.2) is 0 Å². The van der Waals surface area contributed by atoms with Crippen molar-refractivity contribution in [1.82, 2.24) is 0 Å². The van der Waals surface area contributed by atoms with Crippen LogP contribution < -0.4 is 0 Å². The Labute approximate surface area is 221 Å². The van der Waals surface area contributed by atoms with E-state index in [9.17, 15) is 9.59 Å². The summed E-state index contributed by atoms with van der Waals surface area (Å²) in [6.45, 7) is 13.7. The van der Waals surface area contributed by atoms with Gasteiger partial charge in [-0.3, -0.25) is 0 Å². The first-order chi connectivity index (χ1) is 17.5. The van der Waals surface area contributed by atoms with Crippen LogP contribution >= 0.6 is 0 Å². The van der Waals surface area contributed by atoms with E-state index in [0.29, 0.717) is 24.3 Å². The van der Waals surface area contributed by atoms with E-state index in [1.807, 2.05) is 0 Å². The SMILES string of the molecule is CCCCOC(=O)c1c(CCCC)c(CCCC)c(CCCC)c(CCCC)c1C(=O)OCCCC. The number of hydrogen-bond acceptors (Lipinski definition) is 4. The van der Waals surface area contributed by atoms with E-state index >= 15 is 0 Å². The normalized spacial score (nSPS) is 11.1. The fourth-order valence-corrected chi connectivity index (χ4v) is 4.75. The molecule has 0 amide bonds. The van der Waals surface area contributed by atoms with E-state index in [0.717, 1.165) is 114 Å². The fourth-order valence-electron chi connectivity index (χ4n) is 4.75. The second-order valence-electron chi connectivity index (χ2n) is 10.1. The van der Waals surface area contributed by atoms with Crippen LogP contribution in [0, 0.1) is 0 Å². The number of carbonyl (C=O) groups excluding carboxylic acids is 2. The molecule has 1 aromatic rings. The zero-order chi connectivity index (χ0) is 26.8. The molecule has 0 aliphatic rings. The molecule has 4 nitrogen and oxygen atoms in total. The third-order valence-corrected chi connectivity index (χ3v) is 6.94. The predicted molar refractivity (Wildman–Crippen MR) is 151 cm³/mol. The monoisotopic (exact) mass is 502 g/mol. The first kappa shape index (κ1) is 32.2. The highest BCUT2D eigenvalue weighted by molar-refractivity contribution is 6.06. The van der Waals surface area contributed by atoms with Crippen LogP contribution in [0.3, 0.4) is 0 Å². The lowest BCUT2D eigenvalue weighted by Crippen LogP contribution is -2.23. The first-order valence-electron chi connectivity index (χ1n) is 15.1. The van der Waals surface area contributed by atoms with E-state index < -0.39 is 0 Å². The second kappa shape index (κ2) is 19.3. The van der Waals surface area contributed by atoms with E-state index in [2.05, 4.69) is 41.5 Å². The molecule has 0 radical (unpaired) electrons. The molecule has 0 N–H and O–H groups in total. The van der Waals surface area contributed by atoms with Crippen molar-refractivity contribution in [1.29, 1.82) is 0 Å². The number of ether oxygens (including phenoxy) is 2. The molecular weight excluding hydrogens is 448 g/mol. The Morgan fingerprint density at radius 2 is 0.722 bits per heavy atom. The van der Waals surface area contributed by atoms with E-state index in [-0.39, 0.29) is 11.9 Å². The molecule has 0 bridgehead atoms. The summed E-state index contributed by atoms with van der Waals surface area (Å²) in [5.41, 5.74) is 5.77. The van der Waals surface area contributed by atoms with Crippen LogP contribution in [-0.4, -0.2) is 25.2 Å². The van der Waals surface area contributed by atoms with Gasteiger partial charge in [0.25, 0.3) is 0 Å². The maximum absolute atomic E-state index is 13.7. The smallest absolute Gasteiger partial charge is 0.339 e. The van der Waals surface area contributed by atoms with E-state index in [1.54, 1.807) is 0 Å². The lowest BCUT2D eigenvalue weighted by molar-refractivity contribution is 0.0449. The molecule has 0 aromatic heterocycles. The molecule has 0 aliphatic carbocycles. The molecule has 1 rings (SSSR count). The van der Waals surface area contributed by atoms with Crippen LogP contribution in [0.2, 0.25) is 0 Å². The van der Waals surface area contributed by atoms with Crippen molar-refractivity contribution in [2.75, 3.05) is 13.2 Å². The lowest BCUT2D eigenvalue weighted by atomic mass is 9.79. The van der Waals surface area contributed by atoms with Crippen molar-refractivity contribution in [3.8, 4) is 0 Å². The molecule has 0 saturated carbocycles. The molecule has 1 aromatic carbocycles. The fraction of sp³-hybridized carbons (Fsp3) is 0.750. The minimum atomic E-state index is -0.338. The summed E-state index contributed by atoms with van der Waals surface area (Å²) in [5, 5.41) is 0. The molecule has 36 heavy (non-hydrogen) atoms.